The fourth-order valence-electron chi connectivity index (χ4n) is 1.51. The monoisotopic (exact) mass is 274 g/mol. The minimum absolute atomic E-state index is 0.251. The third kappa shape index (κ3) is 2.08. The maximum absolute atomic E-state index is 5.81. The molecule has 2 N–H and O–H groups in total. The van der Waals surface area contributed by atoms with Gasteiger partial charge in [0.05, 0.1) is 5.56 Å². The Balaban J connectivity index is 2.16. The average Bonchev–Trinajstić information content (AvgIpc) is 2.84. The van der Waals surface area contributed by atoms with Gasteiger partial charge >= 0.3 is 0 Å². The van der Waals surface area contributed by atoms with Crippen molar-refractivity contribution >= 4 is 23.5 Å². The van der Waals surface area contributed by atoms with Crippen LogP contribution in [0.4, 0.5) is 5.95 Å². The quantitative estimate of drug-likeness (QED) is 0.676. The lowest BCUT2D eigenvalue weighted by Gasteiger charge is -1.97. The number of aromatic nitrogens is 7. The van der Waals surface area contributed by atoms with Gasteiger partial charge in [-0.3, -0.25) is 0 Å². The van der Waals surface area contributed by atoms with Crippen molar-refractivity contribution in [2.24, 2.45) is 0 Å². The first kappa shape index (κ1) is 11.8. The number of hydrogen-bond donors (Lipinski definition) is 1. The smallest absolute Gasteiger partial charge is 0.258 e. The van der Waals surface area contributed by atoms with Crippen LogP contribution in [0.25, 0.3) is 17.2 Å². The van der Waals surface area contributed by atoms with Crippen LogP contribution in [0.1, 0.15) is 5.82 Å². The van der Waals surface area contributed by atoms with Gasteiger partial charge in [0, 0.05) is 12.4 Å². The van der Waals surface area contributed by atoms with Crippen molar-refractivity contribution in [1.82, 2.24) is 34.5 Å². The predicted octanol–water partition coefficient (Wildman–Crippen LogP) is 0.589. The molecule has 8 nitrogen and oxygen atoms in total. The summed E-state index contributed by atoms with van der Waals surface area (Å²) in [5, 5.41) is 4.81. The Hall–Kier alpha value is -2.29. The summed E-state index contributed by atoms with van der Waals surface area (Å²) in [7, 11) is 0. The zero-order valence-corrected chi connectivity index (χ0v) is 11.1. The number of hydrogen-bond acceptors (Lipinski definition) is 8. The second kappa shape index (κ2) is 4.43. The lowest BCUT2D eigenvalue weighted by molar-refractivity contribution is 0.851. The average molecular weight is 274 g/mol. The van der Waals surface area contributed by atoms with Gasteiger partial charge in [0.2, 0.25) is 5.95 Å². The highest BCUT2D eigenvalue weighted by molar-refractivity contribution is 7.98. The van der Waals surface area contributed by atoms with Crippen molar-refractivity contribution in [1.29, 1.82) is 0 Å². The first-order chi connectivity index (χ1) is 9.17. The Morgan fingerprint density at radius 1 is 1.16 bits per heavy atom. The van der Waals surface area contributed by atoms with Gasteiger partial charge in [-0.2, -0.15) is 19.5 Å². The first-order valence-electron chi connectivity index (χ1n) is 5.40. The van der Waals surface area contributed by atoms with E-state index in [4.69, 9.17) is 5.73 Å². The van der Waals surface area contributed by atoms with Gasteiger partial charge in [-0.1, -0.05) is 11.8 Å². The van der Waals surface area contributed by atoms with E-state index in [1.54, 1.807) is 12.4 Å². The molecule has 0 radical (unpaired) electrons. The summed E-state index contributed by atoms with van der Waals surface area (Å²) in [4.78, 5) is 20.9. The molecule has 3 aromatic heterocycles. The van der Waals surface area contributed by atoms with Crippen LogP contribution in [-0.2, 0) is 0 Å². The van der Waals surface area contributed by atoms with Crippen LogP contribution in [0.2, 0.25) is 0 Å². The molecule has 0 saturated heterocycles. The van der Waals surface area contributed by atoms with Gasteiger partial charge in [0.1, 0.15) is 5.82 Å². The summed E-state index contributed by atoms with van der Waals surface area (Å²) >= 11 is 1.40. The molecule has 3 aromatic rings. The fraction of sp³-hybridized carbons (Fsp3) is 0.200. The van der Waals surface area contributed by atoms with Crippen LogP contribution >= 0.6 is 11.8 Å². The van der Waals surface area contributed by atoms with Crippen LogP contribution in [0.3, 0.4) is 0 Å². The van der Waals surface area contributed by atoms with Gasteiger partial charge in [0.15, 0.2) is 11.0 Å². The van der Waals surface area contributed by atoms with Crippen LogP contribution in [0.15, 0.2) is 17.6 Å². The van der Waals surface area contributed by atoms with Crippen molar-refractivity contribution in [2.45, 2.75) is 12.1 Å². The first-order valence-corrected chi connectivity index (χ1v) is 6.63. The van der Waals surface area contributed by atoms with E-state index >= 15 is 0 Å². The van der Waals surface area contributed by atoms with E-state index < -0.39 is 0 Å². The number of nitrogens with zero attached hydrogens (tertiary/aromatic N) is 7. The Kier molecular flexibility index (Phi) is 2.75. The number of fused-ring (bicyclic) bond motifs is 1. The largest absolute Gasteiger partial charge is 0.368 e. The van der Waals surface area contributed by atoms with E-state index in [1.807, 2.05) is 13.2 Å². The summed E-state index contributed by atoms with van der Waals surface area (Å²) in [6.07, 6.45) is 5.20. The van der Waals surface area contributed by atoms with Crippen molar-refractivity contribution < 1.29 is 0 Å². The van der Waals surface area contributed by atoms with Crippen molar-refractivity contribution in [3.63, 3.8) is 0 Å². The molecule has 3 heterocycles. The maximum Gasteiger partial charge on any atom is 0.258 e. The molecule has 0 aliphatic rings. The molecule has 0 atom stereocenters. The van der Waals surface area contributed by atoms with Crippen molar-refractivity contribution in [2.75, 3.05) is 12.0 Å². The van der Waals surface area contributed by atoms with Crippen LogP contribution in [0.5, 0.6) is 0 Å². The second-order valence-electron chi connectivity index (χ2n) is 3.73. The van der Waals surface area contributed by atoms with E-state index in [0.29, 0.717) is 28.1 Å². The number of anilines is 1. The molecule has 0 aliphatic heterocycles. The number of aryl methyl sites for hydroxylation is 1. The van der Waals surface area contributed by atoms with Crippen LogP contribution in [0, 0.1) is 6.92 Å². The Morgan fingerprint density at radius 2 is 1.89 bits per heavy atom. The van der Waals surface area contributed by atoms with Crippen LogP contribution in [-0.4, -0.2) is 40.8 Å². The van der Waals surface area contributed by atoms with Gasteiger partial charge in [-0.25, -0.2) is 9.97 Å². The summed E-state index contributed by atoms with van der Waals surface area (Å²) in [5.74, 6) is 1.82. The lowest BCUT2D eigenvalue weighted by Crippen LogP contribution is -2.04. The fourth-order valence-corrected chi connectivity index (χ4v) is 1.87. The molecule has 9 heteroatoms. The lowest BCUT2D eigenvalue weighted by atomic mass is 10.3. The molecule has 0 aliphatic carbocycles. The molecular weight excluding hydrogens is 264 g/mol. The zero-order valence-electron chi connectivity index (χ0n) is 10.3. The number of thioether (sulfide) groups is 1. The molecule has 0 aromatic carbocycles. The Morgan fingerprint density at radius 3 is 2.58 bits per heavy atom. The van der Waals surface area contributed by atoms with E-state index in [1.165, 1.54) is 16.3 Å². The molecule has 0 saturated carbocycles. The second-order valence-corrected chi connectivity index (χ2v) is 4.51. The highest BCUT2D eigenvalue weighted by Gasteiger charge is 2.12. The molecule has 0 bridgehead atoms. The Labute approximate surface area is 112 Å². The zero-order chi connectivity index (χ0) is 13.4. The highest BCUT2D eigenvalue weighted by atomic mass is 32.2. The number of rotatable bonds is 2. The minimum Gasteiger partial charge on any atom is -0.368 e. The normalized spacial score (nSPS) is 11.1. The molecule has 0 spiro atoms. The molecular formula is C10H10N8S. The van der Waals surface area contributed by atoms with E-state index in [0.717, 1.165) is 0 Å². The highest BCUT2D eigenvalue weighted by Crippen LogP contribution is 2.17. The molecule has 96 valence electrons. The van der Waals surface area contributed by atoms with Gasteiger partial charge in [0.25, 0.3) is 5.78 Å². The standard InChI is InChI=1S/C10H10N8S/c1-5-12-3-6(4-13-5)7-14-9-16-10(19-2)15-8(11)18(9)17-7/h3-4H,1-2H3,(H2,11,14,15,16,17). The van der Waals surface area contributed by atoms with E-state index in [2.05, 4.69) is 30.0 Å². The van der Waals surface area contributed by atoms with Crippen molar-refractivity contribution in [3.8, 4) is 11.4 Å². The number of nitrogens with two attached hydrogens (primary N) is 1. The maximum atomic E-state index is 5.81. The minimum atomic E-state index is 0.251. The van der Waals surface area contributed by atoms with Crippen molar-refractivity contribution in [3.05, 3.63) is 18.2 Å². The summed E-state index contributed by atoms with van der Waals surface area (Å²) in [6.45, 7) is 1.81. The van der Waals surface area contributed by atoms with E-state index in [9.17, 15) is 0 Å². The summed E-state index contributed by atoms with van der Waals surface area (Å²) in [5.41, 5.74) is 6.52. The summed E-state index contributed by atoms with van der Waals surface area (Å²) in [6, 6.07) is 0. The Bertz CT molecular complexity index is 735. The number of nitrogen functional groups attached to an aromatic ring is 1. The predicted molar refractivity (Wildman–Crippen MR) is 70.5 cm³/mol. The van der Waals surface area contributed by atoms with Gasteiger partial charge < -0.3 is 5.73 Å². The summed E-state index contributed by atoms with van der Waals surface area (Å²) < 4.78 is 1.40. The molecule has 19 heavy (non-hydrogen) atoms. The molecule has 0 amide bonds. The van der Waals surface area contributed by atoms with Gasteiger partial charge in [-0.15, -0.1) is 5.10 Å². The topological polar surface area (TPSA) is 108 Å². The molecule has 0 fully saturated rings. The third-order valence-electron chi connectivity index (χ3n) is 2.43. The third-order valence-corrected chi connectivity index (χ3v) is 2.98. The van der Waals surface area contributed by atoms with E-state index in [-0.39, 0.29) is 5.95 Å². The van der Waals surface area contributed by atoms with Gasteiger partial charge in [-0.05, 0) is 13.2 Å². The van der Waals surface area contributed by atoms with Crippen LogP contribution < -0.4 is 5.73 Å². The molecule has 3 rings (SSSR count). The SMILES string of the molecule is CSc1nc(N)n2nc(-c3cnc(C)nc3)nc2n1. The molecule has 0 unspecified atom stereocenters.